The van der Waals surface area contributed by atoms with Gasteiger partial charge in [-0.1, -0.05) is 13.8 Å². The SMILES string of the molecule is CN(CC(C)(C)CN)C(=O)c1sccc1S(=O)(=O)N(C)C. The smallest absolute Gasteiger partial charge is 0.265 e. The van der Waals surface area contributed by atoms with Crippen molar-refractivity contribution in [3.05, 3.63) is 16.3 Å². The zero-order valence-electron chi connectivity index (χ0n) is 13.1. The normalized spacial score (nSPS) is 12.7. The predicted molar refractivity (Wildman–Crippen MR) is 85.0 cm³/mol. The van der Waals surface area contributed by atoms with E-state index in [0.717, 1.165) is 15.6 Å². The Morgan fingerprint density at radius 1 is 1.33 bits per heavy atom. The molecule has 0 saturated heterocycles. The zero-order chi connectivity index (χ0) is 16.4. The maximum Gasteiger partial charge on any atom is 0.265 e. The lowest BCUT2D eigenvalue weighted by Crippen LogP contribution is -2.40. The summed E-state index contributed by atoms with van der Waals surface area (Å²) in [6, 6.07) is 1.47. The number of thiophene rings is 1. The summed E-state index contributed by atoms with van der Waals surface area (Å²) in [7, 11) is 0.932. The molecular weight excluding hydrogens is 310 g/mol. The van der Waals surface area contributed by atoms with Gasteiger partial charge in [0.1, 0.15) is 9.77 Å². The minimum atomic E-state index is -3.62. The molecule has 0 atom stereocenters. The first-order valence-electron chi connectivity index (χ1n) is 6.48. The van der Waals surface area contributed by atoms with Crippen LogP contribution in [0.1, 0.15) is 23.5 Å². The van der Waals surface area contributed by atoms with Crippen molar-refractivity contribution >= 4 is 27.3 Å². The van der Waals surface area contributed by atoms with Gasteiger partial charge in [-0.2, -0.15) is 0 Å². The number of amides is 1. The molecule has 1 aromatic rings. The van der Waals surface area contributed by atoms with E-state index in [1.165, 1.54) is 25.1 Å². The summed E-state index contributed by atoms with van der Waals surface area (Å²) in [5, 5.41) is 1.62. The summed E-state index contributed by atoms with van der Waals surface area (Å²) in [6.45, 7) is 4.82. The third-order valence-electron chi connectivity index (χ3n) is 3.15. The second-order valence-corrected chi connectivity index (χ2v) is 8.97. The van der Waals surface area contributed by atoms with Crippen LogP contribution in [0.15, 0.2) is 16.3 Å². The molecule has 0 bridgehead atoms. The molecule has 8 heteroatoms. The van der Waals surface area contributed by atoms with Crippen LogP contribution >= 0.6 is 11.3 Å². The molecule has 6 nitrogen and oxygen atoms in total. The van der Waals surface area contributed by atoms with Gasteiger partial charge in [0.05, 0.1) is 0 Å². The lowest BCUT2D eigenvalue weighted by atomic mass is 9.93. The lowest BCUT2D eigenvalue weighted by molar-refractivity contribution is 0.0742. The van der Waals surface area contributed by atoms with Crippen molar-refractivity contribution in [2.24, 2.45) is 11.1 Å². The monoisotopic (exact) mass is 333 g/mol. The maximum absolute atomic E-state index is 12.5. The molecule has 0 aliphatic carbocycles. The molecule has 1 rings (SSSR count). The second kappa shape index (κ2) is 6.43. The third kappa shape index (κ3) is 4.03. The standard InChI is InChI=1S/C13H23N3O3S2/c1-13(2,8-14)9-16(5)12(17)11-10(6-7-20-11)21(18,19)15(3)4/h6-7H,8-9,14H2,1-5H3. The first kappa shape index (κ1) is 18.1. The van der Waals surface area contributed by atoms with Gasteiger partial charge < -0.3 is 10.6 Å². The molecule has 1 amide bonds. The molecule has 21 heavy (non-hydrogen) atoms. The molecule has 0 radical (unpaired) electrons. The average Bonchev–Trinajstić information content (AvgIpc) is 2.86. The Balaban J connectivity index is 3.09. The van der Waals surface area contributed by atoms with Gasteiger partial charge in [-0.05, 0) is 23.4 Å². The molecule has 0 aliphatic rings. The Kier molecular flexibility index (Phi) is 5.54. The number of carbonyl (C=O) groups excluding carboxylic acids is 1. The highest BCUT2D eigenvalue weighted by molar-refractivity contribution is 7.89. The quantitative estimate of drug-likeness (QED) is 0.843. The summed E-state index contributed by atoms with van der Waals surface area (Å²) in [5.74, 6) is -0.299. The van der Waals surface area contributed by atoms with Crippen molar-refractivity contribution in [3.8, 4) is 0 Å². The van der Waals surface area contributed by atoms with E-state index in [4.69, 9.17) is 5.73 Å². The van der Waals surface area contributed by atoms with Crippen molar-refractivity contribution in [2.75, 3.05) is 34.2 Å². The van der Waals surface area contributed by atoms with Crippen molar-refractivity contribution in [1.82, 2.24) is 9.21 Å². The summed E-state index contributed by atoms with van der Waals surface area (Å²) in [4.78, 5) is 14.3. The number of carbonyl (C=O) groups is 1. The highest BCUT2D eigenvalue weighted by atomic mass is 32.2. The van der Waals surface area contributed by atoms with E-state index < -0.39 is 10.0 Å². The number of nitrogens with two attached hydrogens (primary N) is 1. The van der Waals surface area contributed by atoms with Crippen LogP contribution in [-0.4, -0.2) is 57.8 Å². The van der Waals surface area contributed by atoms with Gasteiger partial charge in [0.25, 0.3) is 5.91 Å². The summed E-state index contributed by atoms with van der Waals surface area (Å²) >= 11 is 1.14. The minimum absolute atomic E-state index is 0.0555. The van der Waals surface area contributed by atoms with Crippen molar-refractivity contribution in [1.29, 1.82) is 0 Å². The summed E-state index contributed by atoms with van der Waals surface area (Å²) in [5.41, 5.74) is 5.45. The Hall–Kier alpha value is -0.960. The van der Waals surface area contributed by atoms with E-state index in [9.17, 15) is 13.2 Å². The predicted octanol–water partition coefficient (Wildman–Crippen LogP) is 1.06. The van der Waals surface area contributed by atoms with Gasteiger partial charge in [0.15, 0.2) is 0 Å². The van der Waals surface area contributed by atoms with E-state index in [0.29, 0.717) is 13.1 Å². The molecule has 1 aromatic heterocycles. The van der Waals surface area contributed by atoms with Crippen LogP contribution in [0.25, 0.3) is 0 Å². The van der Waals surface area contributed by atoms with E-state index >= 15 is 0 Å². The Morgan fingerprint density at radius 3 is 2.38 bits per heavy atom. The third-order valence-corrected chi connectivity index (χ3v) is 6.04. The van der Waals surface area contributed by atoms with Crippen molar-refractivity contribution in [2.45, 2.75) is 18.7 Å². The first-order chi connectivity index (χ1) is 9.53. The molecular formula is C13H23N3O3S2. The Morgan fingerprint density at radius 2 is 1.90 bits per heavy atom. The van der Waals surface area contributed by atoms with Crippen LogP contribution in [0.2, 0.25) is 0 Å². The van der Waals surface area contributed by atoms with Gasteiger partial charge >= 0.3 is 0 Å². The molecule has 120 valence electrons. The van der Waals surface area contributed by atoms with Crippen molar-refractivity contribution < 1.29 is 13.2 Å². The number of hydrogen-bond donors (Lipinski definition) is 1. The van der Waals surface area contributed by atoms with Crippen LogP contribution in [0.5, 0.6) is 0 Å². The van der Waals surface area contributed by atoms with E-state index in [2.05, 4.69) is 0 Å². The van der Waals surface area contributed by atoms with Gasteiger partial charge in [-0.25, -0.2) is 12.7 Å². The fourth-order valence-electron chi connectivity index (χ4n) is 1.80. The molecule has 0 fully saturated rings. The number of sulfonamides is 1. The second-order valence-electron chi connectivity index (χ2n) is 5.93. The van der Waals surface area contributed by atoms with E-state index in [1.54, 1.807) is 12.4 Å². The van der Waals surface area contributed by atoms with Gasteiger partial charge in [-0.15, -0.1) is 11.3 Å². The Labute approximate surface area is 130 Å². The fourth-order valence-corrected chi connectivity index (χ4v) is 4.09. The topological polar surface area (TPSA) is 83.7 Å². The maximum atomic E-state index is 12.5. The van der Waals surface area contributed by atoms with Gasteiger partial charge in [0, 0.05) is 27.7 Å². The summed E-state index contributed by atoms with van der Waals surface area (Å²) in [6.07, 6.45) is 0. The van der Waals surface area contributed by atoms with Crippen LogP contribution in [0.4, 0.5) is 0 Å². The van der Waals surface area contributed by atoms with Crippen LogP contribution in [-0.2, 0) is 10.0 Å². The molecule has 2 N–H and O–H groups in total. The lowest BCUT2D eigenvalue weighted by Gasteiger charge is -2.29. The average molecular weight is 333 g/mol. The Bertz CT molecular complexity index is 606. The van der Waals surface area contributed by atoms with Crippen LogP contribution in [0, 0.1) is 5.41 Å². The number of hydrogen-bond acceptors (Lipinski definition) is 5. The van der Waals surface area contributed by atoms with Gasteiger partial charge in [-0.3, -0.25) is 4.79 Å². The largest absolute Gasteiger partial charge is 0.340 e. The molecule has 0 aromatic carbocycles. The molecule has 0 unspecified atom stereocenters. The highest BCUT2D eigenvalue weighted by Crippen LogP contribution is 2.26. The summed E-state index contributed by atoms with van der Waals surface area (Å²) < 4.78 is 25.6. The van der Waals surface area contributed by atoms with Crippen LogP contribution in [0.3, 0.4) is 0 Å². The van der Waals surface area contributed by atoms with Crippen molar-refractivity contribution in [3.63, 3.8) is 0 Å². The molecule has 0 aliphatic heterocycles. The van der Waals surface area contributed by atoms with Crippen LogP contribution < -0.4 is 5.73 Å². The minimum Gasteiger partial charge on any atom is -0.340 e. The van der Waals surface area contributed by atoms with Gasteiger partial charge in [0.2, 0.25) is 10.0 Å². The first-order valence-corrected chi connectivity index (χ1v) is 8.80. The molecule has 0 saturated carbocycles. The number of rotatable bonds is 6. The molecule has 1 heterocycles. The zero-order valence-corrected chi connectivity index (χ0v) is 14.7. The van der Waals surface area contributed by atoms with E-state index in [1.807, 2.05) is 13.8 Å². The highest BCUT2D eigenvalue weighted by Gasteiger charge is 2.29. The number of nitrogens with zero attached hydrogens (tertiary/aromatic N) is 2. The fraction of sp³-hybridized carbons (Fsp3) is 0.615. The van der Waals surface area contributed by atoms with E-state index in [-0.39, 0.29) is 21.1 Å². The molecule has 0 spiro atoms.